The van der Waals surface area contributed by atoms with E-state index in [4.69, 9.17) is 21.3 Å². The van der Waals surface area contributed by atoms with Crippen LogP contribution in [0.25, 0.3) is 22.4 Å². The summed E-state index contributed by atoms with van der Waals surface area (Å²) < 4.78 is 77.2. The van der Waals surface area contributed by atoms with E-state index in [1.807, 2.05) is 0 Å². The summed E-state index contributed by atoms with van der Waals surface area (Å²) in [7, 11) is 1.28. The molecule has 2 aromatic heterocycles. The molecule has 1 atom stereocenters. The monoisotopic (exact) mass is 516 g/mol. The fraction of sp³-hybridized carbons (Fsp3) is 0.160. The van der Waals surface area contributed by atoms with E-state index in [1.165, 1.54) is 31.4 Å². The van der Waals surface area contributed by atoms with Crippen LogP contribution in [-0.2, 0) is 12.7 Å². The third-order valence-corrected chi connectivity index (χ3v) is 5.33. The number of methoxy groups -OCH3 is 1. The van der Waals surface area contributed by atoms with Gasteiger partial charge >= 0.3 is 6.18 Å². The lowest BCUT2D eigenvalue weighted by atomic mass is 10.1. The van der Waals surface area contributed by atoms with E-state index in [0.717, 1.165) is 18.2 Å². The van der Waals surface area contributed by atoms with Crippen LogP contribution in [0.5, 0.6) is 5.75 Å². The van der Waals surface area contributed by atoms with E-state index in [1.54, 1.807) is 0 Å². The van der Waals surface area contributed by atoms with Crippen molar-refractivity contribution in [3.8, 4) is 29.5 Å². The Labute approximate surface area is 206 Å². The van der Waals surface area contributed by atoms with Gasteiger partial charge in [-0.15, -0.1) is 6.42 Å². The molecular weight excluding hydrogens is 499 g/mol. The van der Waals surface area contributed by atoms with Gasteiger partial charge in [0.25, 0.3) is 5.91 Å². The molecule has 7 nitrogen and oxygen atoms in total. The van der Waals surface area contributed by atoms with Gasteiger partial charge in [-0.1, -0.05) is 12.0 Å². The number of carbonyl (C=O) groups is 1. The maximum absolute atomic E-state index is 13.5. The van der Waals surface area contributed by atoms with Gasteiger partial charge in [0, 0.05) is 17.5 Å². The standard InChI is InChI=1S/C25H17F5N4O3/c1-3-17(31)22-21(23(35)32-11-12-4-7-15(26)16(27)10-12)34-24(37-22)14-5-8-18(36-2)20-13(14)6-9-19(33-20)25(28,29)30/h1,4-10,17H,11,31H2,2H3,(H,32,35)/t17-/m0/s1. The Hall–Kier alpha value is -4.50. The number of nitrogens with one attached hydrogen (secondary N) is 1. The molecule has 1 amide bonds. The number of hydrogen-bond donors (Lipinski definition) is 2. The van der Waals surface area contributed by atoms with Gasteiger partial charge in [-0.05, 0) is 42.0 Å². The average Bonchev–Trinajstić information content (AvgIpc) is 3.32. The number of hydrogen-bond acceptors (Lipinski definition) is 6. The summed E-state index contributed by atoms with van der Waals surface area (Å²) in [6.07, 6.45) is 0.707. The summed E-state index contributed by atoms with van der Waals surface area (Å²) in [6.45, 7) is -0.182. The van der Waals surface area contributed by atoms with E-state index < -0.39 is 35.5 Å². The smallest absolute Gasteiger partial charge is 0.433 e. The zero-order valence-corrected chi connectivity index (χ0v) is 19.0. The summed E-state index contributed by atoms with van der Waals surface area (Å²) in [5.74, 6) is -0.947. The van der Waals surface area contributed by atoms with Crippen LogP contribution in [0.3, 0.4) is 0 Å². The summed E-state index contributed by atoms with van der Waals surface area (Å²) in [6, 6.07) is 6.74. The molecule has 2 aromatic carbocycles. The Bertz CT molecular complexity index is 1540. The lowest BCUT2D eigenvalue weighted by molar-refractivity contribution is -0.140. The topological polar surface area (TPSA) is 103 Å². The number of halogens is 5. The number of amides is 1. The highest BCUT2D eigenvalue weighted by atomic mass is 19.4. The Kier molecular flexibility index (Phi) is 6.82. The predicted octanol–water partition coefficient (Wildman–Crippen LogP) is 4.76. The summed E-state index contributed by atoms with van der Waals surface area (Å²) >= 11 is 0. The molecule has 37 heavy (non-hydrogen) atoms. The van der Waals surface area contributed by atoms with E-state index in [-0.39, 0.29) is 51.7 Å². The zero-order chi connectivity index (χ0) is 26.9. The second kappa shape index (κ2) is 9.87. The van der Waals surface area contributed by atoms with Gasteiger partial charge in [-0.2, -0.15) is 13.2 Å². The third kappa shape index (κ3) is 5.07. The number of terminal acetylenes is 1. The van der Waals surface area contributed by atoms with Crippen LogP contribution in [0, 0.1) is 24.0 Å². The predicted molar refractivity (Wildman–Crippen MR) is 122 cm³/mol. The molecule has 0 bridgehead atoms. The minimum atomic E-state index is -4.69. The Morgan fingerprint density at radius 1 is 1.16 bits per heavy atom. The number of nitrogens with zero attached hydrogens (tertiary/aromatic N) is 2. The fourth-order valence-electron chi connectivity index (χ4n) is 3.51. The molecule has 12 heteroatoms. The van der Waals surface area contributed by atoms with Gasteiger partial charge in [0.2, 0.25) is 5.89 Å². The van der Waals surface area contributed by atoms with Gasteiger partial charge in [0.1, 0.15) is 23.0 Å². The Morgan fingerprint density at radius 2 is 1.92 bits per heavy atom. The average molecular weight is 516 g/mol. The number of carbonyl (C=O) groups excluding carboxylic acids is 1. The molecule has 0 fully saturated rings. The molecule has 4 aromatic rings. The minimum Gasteiger partial charge on any atom is -0.494 e. The van der Waals surface area contributed by atoms with E-state index >= 15 is 0 Å². The van der Waals surface area contributed by atoms with E-state index in [9.17, 15) is 26.7 Å². The van der Waals surface area contributed by atoms with Gasteiger partial charge in [0.05, 0.1) is 7.11 Å². The van der Waals surface area contributed by atoms with Crippen molar-refractivity contribution < 1.29 is 35.9 Å². The number of pyridine rings is 1. The SMILES string of the molecule is C#C[C@H](N)c1oc(-c2ccc(OC)c3nc(C(F)(F)F)ccc23)nc1C(=O)NCc1ccc(F)c(F)c1. The second-order valence-corrected chi connectivity index (χ2v) is 7.71. The first-order valence-electron chi connectivity index (χ1n) is 10.5. The number of fused-ring (bicyclic) bond motifs is 1. The van der Waals surface area contributed by atoms with Crippen molar-refractivity contribution in [3.63, 3.8) is 0 Å². The molecule has 3 N–H and O–H groups in total. The van der Waals surface area contributed by atoms with Crippen molar-refractivity contribution in [2.24, 2.45) is 5.73 Å². The zero-order valence-electron chi connectivity index (χ0n) is 19.0. The highest BCUT2D eigenvalue weighted by Crippen LogP contribution is 2.37. The van der Waals surface area contributed by atoms with Crippen LogP contribution in [-0.4, -0.2) is 23.0 Å². The van der Waals surface area contributed by atoms with Crippen LogP contribution in [0.4, 0.5) is 22.0 Å². The summed E-state index contributed by atoms with van der Waals surface area (Å²) in [5, 5.41) is 2.69. The van der Waals surface area contributed by atoms with Gasteiger partial charge in [0.15, 0.2) is 23.1 Å². The molecule has 0 spiro atoms. The second-order valence-electron chi connectivity index (χ2n) is 7.71. The number of aromatic nitrogens is 2. The Balaban J connectivity index is 1.75. The number of alkyl halides is 3. The molecule has 0 aliphatic carbocycles. The Morgan fingerprint density at radius 3 is 2.57 bits per heavy atom. The number of ether oxygens (including phenoxy) is 1. The van der Waals surface area contributed by atoms with Crippen LogP contribution >= 0.6 is 0 Å². The quantitative estimate of drug-likeness (QED) is 0.283. The molecule has 2 heterocycles. The fourth-order valence-corrected chi connectivity index (χ4v) is 3.51. The first-order valence-corrected chi connectivity index (χ1v) is 10.5. The van der Waals surface area contributed by atoms with Crippen molar-refractivity contribution in [1.82, 2.24) is 15.3 Å². The van der Waals surface area contributed by atoms with E-state index in [0.29, 0.717) is 0 Å². The van der Waals surface area contributed by atoms with Crippen molar-refractivity contribution >= 4 is 16.8 Å². The van der Waals surface area contributed by atoms with Crippen LogP contribution < -0.4 is 15.8 Å². The molecule has 0 radical (unpaired) electrons. The molecule has 0 aliphatic rings. The lowest BCUT2D eigenvalue weighted by Crippen LogP contribution is -2.25. The third-order valence-electron chi connectivity index (χ3n) is 5.33. The highest BCUT2D eigenvalue weighted by Gasteiger charge is 2.33. The minimum absolute atomic E-state index is 0.0708. The number of nitrogens with two attached hydrogens (primary N) is 1. The first-order chi connectivity index (χ1) is 17.5. The van der Waals surface area contributed by atoms with Gasteiger partial charge in [-0.3, -0.25) is 4.79 Å². The molecule has 0 aliphatic heterocycles. The number of oxazole rings is 1. The maximum Gasteiger partial charge on any atom is 0.433 e. The van der Waals surface area contributed by atoms with Crippen LogP contribution in [0.1, 0.15) is 33.5 Å². The first kappa shape index (κ1) is 25.6. The maximum atomic E-state index is 13.5. The normalized spacial score (nSPS) is 12.3. The summed E-state index contributed by atoms with van der Waals surface area (Å²) in [4.78, 5) is 20.8. The molecular formula is C25H17F5N4O3. The summed E-state index contributed by atoms with van der Waals surface area (Å²) in [5.41, 5.74) is 4.84. The van der Waals surface area contributed by atoms with Crippen molar-refractivity contribution in [3.05, 3.63) is 76.8 Å². The van der Waals surface area contributed by atoms with Crippen LogP contribution in [0.2, 0.25) is 0 Å². The largest absolute Gasteiger partial charge is 0.494 e. The molecule has 190 valence electrons. The van der Waals surface area contributed by atoms with Crippen molar-refractivity contribution in [1.29, 1.82) is 0 Å². The highest BCUT2D eigenvalue weighted by molar-refractivity contribution is 5.98. The van der Waals surface area contributed by atoms with Gasteiger partial charge < -0.3 is 20.2 Å². The van der Waals surface area contributed by atoms with Gasteiger partial charge in [-0.25, -0.2) is 18.7 Å². The molecule has 4 rings (SSSR count). The molecule has 0 saturated carbocycles. The number of benzene rings is 2. The van der Waals surface area contributed by atoms with E-state index in [2.05, 4.69) is 21.2 Å². The number of rotatable bonds is 6. The van der Waals surface area contributed by atoms with Crippen molar-refractivity contribution in [2.45, 2.75) is 18.8 Å². The lowest BCUT2D eigenvalue weighted by Gasteiger charge is -2.11. The molecule has 0 unspecified atom stereocenters. The van der Waals surface area contributed by atoms with Crippen LogP contribution in [0.15, 0.2) is 46.9 Å². The van der Waals surface area contributed by atoms with Crippen molar-refractivity contribution in [2.75, 3.05) is 7.11 Å². The molecule has 0 saturated heterocycles.